The molecule has 0 saturated carbocycles. The van der Waals surface area contributed by atoms with E-state index in [9.17, 15) is 0 Å². The van der Waals surface area contributed by atoms with E-state index in [2.05, 4.69) is 134 Å². The van der Waals surface area contributed by atoms with Gasteiger partial charge in [-0.25, -0.2) is 15.0 Å². The third-order valence-electron chi connectivity index (χ3n) is 9.21. The standard InChI is InChI=1S/C40H33N3/c1-26-12-5-6-17-31(26)40-42-38(27-13-3-2-4-14-27)41-39(43-40)30-16-11-15-28(24-30)29-22-23-36-34-20-8-7-18-32(34)33-19-9-10-21-35(33)37(36)25-29/h2-3,5-13,15-23,25-26,30-31H,4,14,24H2,1H3. The van der Waals surface area contributed by atoms with Crippen LogP contribution in [0.2, 0.25) is 0 Å². The molecule has 8 rings (SSSR count). The molecule has 3 atom stereocenters. The first-order valence-electron chi connectivity index (χ1n) is 15.4. The van der Waals surface area contributed by atoms with Crippen molar-refractivity contribution < 1.29 is 0 Å². The van der Waals surface area contributed by atoms with E-state index >= 15 is 0 Å². The van der Waals surface area contributed by atoms with Gasteiger partial charge < -0.3 is 0 Å². The Morgan fingerprint density at radius 2 is 1.28 bits per heavy atom. The predicted octanol–water partition coefficient (Wildman–Crippen LogP) is 10.0. The third kappa shape index (κ3) is 4.66. The Labute approximate surface area is 252 Å². The van der Waals surface area contributed by atoms with Gasteiger partial charge >= 0.3 is 0 Å². The highest BCUT2D eigenvalue weighted by Crippen LogP contribution is 2.39. The summed E-state index contributed by atoms with van der Waals surface area (Å²) in [4.78, 5) is 15.3. The van der Waals surface area contributed by atoms with Crippen molar-refractivity contribution in [2.45, 2.75) is 38.0 Å². The van der Waals surface area contributed by atoms with Gasteiger partial charge in [0, 0.05) is 11.8 Å². The molecule has 0 fully saturated rings. The summed E-state index contributed by atoms with van der Waals surface area (Å²) in [5.74, 6) is 3.14. The van der Waals surface area contributed by atoms with E-state index < -0.39 is 0 Å². The maximum absolute atomic E-state index is 5.15. The van der Waals surface area contributed by atoms with Gasteiger partial charge in [-0.3, -0.25) is 0 Å². The molecule has 3 heteroatoms. The van der Waals surface area contributed by atoms with Crippen LogP contribution < -0.4 is 0 Å². The van der Waals surface area contributed by atoms with Crippen LogP contribution in [0, 0.1) is 5.92 Å². The summed E-state index contributed by atoms with van der Waals surface area (Å²) in [5.41, 5.74) is 3.76. The molecule has 43 heavy (non-hydrogen) atoms. The molecule has 0 aliphatic heterocycles. The number of allylic oxidation sites excluding steroid dienone is 12. The number of aromatic nitrogens is 3. The summed E-state index contributed by atoms with van der Waals surface area (Å²) < 4.78 is 0. The Morgan fingerprint density at radius 3 is 2.00 bits per heavy atom. The van der Waals surface area contributed by atoms with Crippen LogP contribution in [0.5, 0.6) is 0 Å². The summed E-state index contributed by atoms with van der Waals surface area (Å²) in [6.45, 7) is 2.24. The molecule has 3 unspecified atom stereocenters. The second-order valence-corrected chi connectivity index (χ2v) is 11.9. The fourth-order valence-corrected chi connectivity index (χ4v) is 6.87. The van der Waals surface area contributed by atoms with Crippen molar-refractivity contribution in [3.63, 3.8) is 0 Å². The second-order valence-electron chi connectivity index (χ2n) is 11.9. The molecule has 0 amide bonds. The van der Waals surface area contributed by atoms with E-state index in [1.165, 1.54) is 49.0 Å². The number of nitrogens with zero attached hydrogens (tertiary/aromatic N) is 3. The maximum Gasteiger partial charge on any atom is 0.159 e. The van der Waals surface area contributed by atoms with Crippen LogP contribution in [-0.4, -0.2) is 15.0 Å². The smallest absolute Gasteiger partial charge is 0.159 e. The lowest BCUT2D eigenvalue weighted by atomic mass is 9.86. The average molecular weight is 556 g/mol. The van der Waals surface area contributed by atoms with E-state index in [-0.39, 0.29) is 11.8 Å². The van der Waals surface area contributed by atoms with Crippen molar-refractivity contribution in [1.82, 2.24) is 15.0 Å². The highest BCUT2D eigenvalue weighted by Gasteiger charge is 2.25. The lowest BCUT2D eigenvalue weighted by molar-refractivity contribution is 0.585. The Balaban J connectivity index is 1.19. The van der Waals surface area contributed by atoms with Gasteiger partial charge in [0.15, 0.2) is 5.82 Å². The predicted molar refractivity (Wildman–Crippen MR) is 180 cm³/mol. The van der Waals surface area contributed by atoms with Gasteiger partial charge in [0.2, 0.25) is 0 Å². The molecular weight excluding hydrogens is 522 g/mol. The molecule has 0 radical (unpaired) electrons. The number of rotatable bonds is 4. The molecule has 5 aromatic rings. The molecule has 208 valence electrons. The minimum Gasteiger partial charge on any atom is -0.217 e. The van der Waals surface area contributed by atoms with Gasteiger partial charge in [-0.15, -0.1) is 0 Å². The molecule has 4 aromatic carbocycles. The van der Waals surface area contributed by atoms with Crippen LogP contribution in [0.15, 0.2) is 127 Å². The summed E-state index contributed by atoms with van der Waals surface area (Å²) in [5, 5.41) is 7.80. The zero-order chi connectivity index (χ0) is 28.8. The zero-order valence-corrected chi connectivity index (χ0v) is 24.3. The minimum absolute atomic E-state index is 0.0858. The topological polar surface area (TPSA) is 38.7 Å². The van der Waals surface area contributed by atoms with Crippen molar-refractivity contribution in [3.05, 3.63) is 151 Å². The molecule has 0 saturated heterocycles. The lowest BCUT2D eigenvalue weighted by Gasteiger charge is -2.23. The number of benzene rings is 4. The van der Waals surface area contributed by atoms with Crippen molar-refractivity contribution in [1.29, 1.82) is 0 Å². The van der Waals surface area contributed by atoms with Gasteiger partial charge in [-0.2, -0.15) is 0 Å². The van der Waals surface area contributed by atoms with E-state index in [0.717, 1.165) is 36.7 Å². The van der Waals surface area contributed by atoms with Gasteiger partial charge in [0.05, 0.1) is 0 Å². The molecule has 0 bridgehead atoms. The van der Waals surface area contributed by atoms with Crippen molar-refractivity contribution >= 4 is 43.5 Å². The number of hydrogen-bond acceptors (Lipinski definition) is 3. The molecule has 0 spiro atoms. The van der Waals surface area contributed by atoms with Crippen molar-refractivity contribution in [2.75, 3.05) is 0 Å². The van der Waals surface area contributed by atoms with Gasteiger partial charge in [0.25, 0.3) is 0 Å². The molecule has 3 nitrogen and oxygen atoms in total. The number of hydrogen-bond donors (Lipinski definition) is 0. The Bertz CT molecular complexity index is 2050. The SMILES string of the molecule is CC1C=CC=CC1c1nc(C2=CC=CCC2)nc(C2C=CC=C(c3ccc4c5ccccc5c5ccccc5c4c3)C2)n1. The molecule has 3 aliphatic rings. The third-order valence-corrected chi connectivity index (χ3v) is 9.21. The summed E-state index contributed by atoms with van der Waals surface area (Å²) in [6, 6.07) is 24.5. The van der Waals surface area contributed by atoms with Crippen molar-refractivity contribution in [2.24, 2.45) is 5.92 Å². The van der Waals surface area contributed by atoms with Crippen LogP contribution in [0.3, 0.4) is 0 Å². The second kappa shape index (κ2) is 10.7. The van der Waals surface area contributed by atoms with E-state index in [1.807, 2.05) is 0 Å². The molecule has 1 aromatic heterocycles. The van der Waals surface area contributed by atoms with Crippen LogP contribution in [0.4, 0.5) is 0 Å². The highest BCUT2D eigenvalue weighted by molar-refractivity contribution is 6.25. The lowest BCUT2D eigenvalue weighted by Crippen LogP contribution is -2.17. The van der Waals surface area contributed by atoms with Crippen LogP contribution >= 0.6 is 0 Å². The monoisotopic (exact) mass is 555 g/mol. The molecule has 0 N–H and O–H groups in total. The molecule has 3 aliphatic carbocycles. The largest absolute Gasteiger partial charge is 0.217 e. The quantitative estimate of drug-likeness (QED) is 0.207. The summed E-state index contributed by atoms with van der Waals surface area (Å²) in [7, 11) is 0. The summed E-state index contributed by atoms with van der Waals surface area (Å²) >= 11 is 0. The fraction of sp³-hybridized carbons (Fsp3) is 0.175. The van der Waals surface area contributed by atoms with Gasteiger partial charge in [-0.05, 0) is 80.3 Å². The first-order chi connectivity index (χ1) is 21.2. The first-order valence-corrected chi connectivity index (χ1v) is 15.4. The van der Waals surface area contributed by atoms with Crippen LogP contribution in [-0.2, 0) is 0 Å². The highest BCUT2D eigenvalue weighted by atomic mass is 15.0. The Hall–Kier alpha value is -4.89. The average Bonchev–Trinajstić information content (AvgIpc) is 3.08. The summed E-state index contributed by atoms with van der Waals surface area (Å²) in [6.07, 6.45) is 24.7. The molecule has 1 heterocycles. The van der Waals surface area contributed by atoms with E-state index in [0.29, 0.717) is 5.92 Å². The minimum atomic E-state index is 0.0858. The Kier molecular flexibility index (Phi) is 6.44. The first kappa shape index (κ1) is 25.8. The van der Waals surface area contributed by atoms with Crippen LogP contribution in [0.25, 0.3) is 43.5 Å². The number of fused-ring (bicyclic) bond motifs is 6. The maximum atomic E-state index is 5.15. The molecular formula is C40H33N3. The van der Waals surface area contributed by atoms with E-state index in [1.54, 1.807) is 0 Å². The van der Waals surface area contributed by atoms with E-state index in [4.69, 9.17) is 15.0 Å². The Morgan fingerprint density at radius 1 is 0.605 bits per heavy atom. The van der Waals surface area contributed by atoms with Crippen LogP contribution in [0.1, 0.15) is 61.1 Å². The fourth-order valence-electron chi connectivity index (χ4n) is 6.87. The van der Waals surface area contributed by atoms with Gasteiger partial charge in [-0.1, -0.05) is 128 Å². The van der Waals surface area contributed by atoms with Crippen molar-refractivity contribution in [3.8, 4) is 0 Å². The normalized spacial score (nSPS) is 21.5. The zero-order valence-electron chi connectivity index (χ0n) is 24.3. The van der Waals surface area contributed by atoms with Gasteiger partial charge in [0.1, 0.15) is 11.6 Å².